The van der Waals surface area contributed by atoms with E-state index in [9.17, 15) is 0 Å². The Morgan fingerprint density at radius 2 is 2.20 bits per heavy atom. The lowest BCUT2D eigenvalue weighted by Gasteiger charge is -1.85. The van der Waals surface area contributed by atoms with Crippen LogP contribution in [-0.4, -0.2) is 12.7 Å². The van der Waals surface area contributed by atoms with E-state index in [2.05, 4.69) is 14.0 Å². The van der Waals surface area contributed by atoms with Gasteiger partial charge in [-0.2, -0.15) is 0 Å². The van der Waals surface area contributed by atoms with Crippen LogP contribution in [0.3, 0.4) is 0 Å². The third kappa shape index (κ3) is 3.90. The fourth-order valence-corrected chi connectivity index (χ4v) is 0. The smallest absolute Gasteiger partial charge is 0.196 e. The molecule has 0 amide bonds. The van der Waals surface area contributed by atoms with Crippen LogP contribution < -0.4 is 0 Å². The average molecular weight is 91.1 g/mol. The summed E-state index contributed by atoms with van der Waals surface area (Å²) in [6.07, 6.45) is 0. The summed E-state index contributed by atoms with van der Waals surface area (Å²) in [6.45, 7) is 0. The molecule has 0 saturated heterocycles. The van der Waals surface area contributed by atoms with E-state index >= 15 is 0 Å². The van der Waals surface area contributed by atoms with Gasteiger partial charge in [-0.1, -0.05) is 0 Å². The molecule has 0 aliphatic rings. The van der Waals surface area contributed by atoms with E-state index in [1.165, 1.54) is 7.11 Å². The average Bonchev–Trinajstić information content (AvgIpc) is 1.38. The Balaban J connectivity index is 2.85. The quantitative estimate of drug-likeness (QED) is 0.262. The molecule has 0 aromatic rings. The normalized spacial score (nSPS) is 6.80. The van der Waals surface area contributed by atoms with Crippen LogP contribution in [0.1, 0.15) is 0 Å². The highest BCUT2D eigenvalue weighted by molar-refractivity contribution is 7.39. The van der Waals surface area contributed by atoms with Crippen molar-refractivity contribution in [3.05, 3.63) is 0 Å². The van der Waals surface area contributed by atoms with E-state index in [-0.39, 0.29) is 5.64 Å². The lowest BCUT2D eigenvalue weighted by molar-refractivity contribution is 0.412. The minimum Gasteiger partial charge on any atom is -0.482 e. The summed E-state index contributed by atoms with van der Waals surface area (Å²) in [6, 6.07) is 0. The summed E-state index contributed by atoms with van der Waals surface area (Å²) < 4.78 is 4.30. The summed E-state index contributed by atoms with van der Waals surface area (Å²) in [5.41, 5.74) is 0.171. The van der Waals surface area contributed by atoms with Gasteiger partial charge in [0, 0.05) is 0 Å². The first-order valence-electron chi connectivity index (χ1n) is 1.15. The summed E-state index contributed by atoms with van der Waals surface area (Å²) in [5, 5.41) is 6.48. The Labute approximate surface area is 33.2 Å². The van der Waals surface area contributed by atoms with Crippen molar-refractivity contribution < 1.29 is 4.74 Å². The zero-order valence-electron chi connectivity index (χ0n) is 2.99. The Morgan fingerprint density at radius 3 is 2.20 bits per heavy atom. The van der Waals surface area contributed by atoms with Crippen LogP contribution in [0.15, 0.2) is 0 Å². The predicted molar refractivity (Wildman–Crippen MR) is 24.4 cm³/mol. The molecule has 0 aromatic carbocycles. The minimum absolute atomic E-state index is 0.171. The van der Waals surface area contributed by atoms with Gasteiger partial charge in [0.2, 0.25) is 0 Å². The highest BCUT2D eigenvalue weighted by atomic mass is 31.0. The number of ether oxygens (including phenoxy) is 1. The molecule has 0 fully saturated rings. The van der Waals surface area contributed by atoms with Gasteiger partial charge in [-0.25, -0.2) is 0 Å². The van der Waals surface area contributed by atoms with Gasteiger partial charge in [-0.3, -0.25) is 5.41 Å². The molecular formula is C2H6NOP. The van der Waals surface area contributed by atoms with Crippen molar-refractivity contribution >= 4 is 14.9 Å². The molecule has 1 atom stereocenters. The first-order chi connectivity index (χ1) is 2.27. The third-order valence-electron chi connectivity index (χ3n) is 0.220. The van der Waals surface area contributed by atoms with Crippen molar-refractivity contribution in [1.29, 1.82) is 5.41 Å². The van der Waals surface area contributed by atoms with E-state index in [1.807, 2.05) is 0 Å². The first-order valence-corrected chi connectivity index (χ1v) is 1.73. The van der Waals surface area contributed by atoms with Crippen LogP contribution in [-0.2, 0) is 4.74 Å². The van der Waals surface area contributed by atoms with Crippen LogP contribution in [0, 0.1) is 5.41 Å². The van der Waals surface area contributed by atoms with E-state index in [4.69, 9.17) is 5.41 Å². The summed E-state index contributed by atoms with van der Waals surface area (Å²) >= 11 is 0. The highest BCUT2D eigenvalue weighted by Crippen LogP contribution is 1.80. The van der Waals surface area contributed by atoms with Crippen LogP contribution in [0.4, 0.5) is 0 Å². The van der Waals surface area contributed by atoms with Crippen molar-refractivity contribution in [3.8, 4) is 0 Å². The maximum absolute atomic E-state index is 6.48. The molecule has 0 radical (unpaired) electrons. The maximum atomic E-state index is 6.48. The number of rotatable bonds is 0. The van der Waals surface area contributed by atoms with Crippen LogP contribution in [0.2, 0.25) is 0 Å². The standard InChI is InChI=1S/C2H6NOP/c1-4-2(3)5/h3H,5H2,1H3. The third-order valence-corrected chi connectivity index (χ3v) is 0.456. The number of hydrogen-bond acceptors (Lipinski definition) is 2. The van der Waals surface area contributed by atoms with Gasteiger partial charge in [0.25, 0.3) is 0 Å². The lowest BCUT2D eigenvalue weighted by atomic mass is 11.4. The molecule has 2 nitrogen and oxygen atoms in total. The molecule has 0 saturated carbocycles. The van der Waals surface area contributed by atoms with E-state index < -0.39 is 0 Å². The molecule has 5 heavy (non-hydrogen) atoms. The molecule has 0 bridgehead atoms. The monoisotopic (exact) mass is 91.0 g/mol. The Hall–Kier alpha value is -0.100. The second kappa shape index (κ2) is 2.16. The second-order valence-electron chi connectivity index (χ2n) is 0.568. The molecule has 30 valence electrons. The van der Waals surface area contributed by atoms with E-state index in [1.54, 1.807) is 0 Å². The first kappa shape index (κ1) is 4.90. The topological polar surface area (TPSA) is 33.1 Å². The second-order valence-corrected chi connectivity index (χ2v) is 1.09. The number of hydrogen-bond donors (Lipinski definition) is 1. The van der Waals surface area contributed by atoms with Crippen LogP contribution >= 0.6 is 9.24 Å². The number of nitrogens with one attached hydrogen (secondary N) is 1. The Bertz CT molecular complexity index is 44.9. The van der Waals surface area contributed by atoms with Crippen molar-refractivity contribution in [2.24, 2.45) is 0 Å². The van der Waals surface area contributed by atoms with Crippen molar-refractivity contribution in [1.82, 2.24) is 0 Å². The summed E-state index contributed by atoms with van der Waals surface area (Å²) in [4.78, 5) is 0. The lowest BCUT2D eigenvalue weighted by Crippen LogP contribution is -1.81. The largest absolute Gasteiger partial charge is 0.482 e. The predicted octanol–water partition coefficient (Wildman–Crippen LogP) is 0.443. The molecule has 0 aromatic heterocycles. The molecular weight excluding hydrogens is 85.0 g/mol. The molecule has 3 heteroatoms. The molecule has 0 spiro atoms. The van der Waals surface area contributed by atoms with Gasteiger partial charge >= 0.3 is 0 Å². The maximum Gasteiger partial charge on any atom is 0.196 e. The van der Waals surface area contributed by atoms with E-state index in [0.717, 1.165) is 0 Å². The molecule has 0 heterocycles. The van der Waals surface area contributed by atoms with Crippen LogP contribution in [0.5, 0.6) is 0 Å². The molecule has 1 unspecified atom stereocenters. The van der Waals surface area contributed by atoms with E-state index in [0.29, 0.717) is 0 Å². The fourth-order valence-electron chi connectivity index (χ4n) is 0. The van der Waals surface area contributed by atoms with Gasteiger partial charge in [0.05, 0.1) is 7.11 Å². The minimum atomic E-state index is 0.171. The Kier molecular flexibility index (Phi) is 2.11. The van der Waals surface area contributed by atoms with Gasteiger partial charge in [-0.15, -0.1) is 0 Å². The molecule has 0 rings (SSSR count). The highest BCUT2D eigenvalue weighted by Gasteiger charge is 1.68. The number of methoxy groups -OCH3 is 1. The molecule has 0 aliphatic carbocycles. The van der Waals surface area contributed by atoms with Gasteiger partial charge in [0.1, 0.15) is 0 Å². The van der Waals surface area contributed by atoms with Crippen LogP contribution in [0.25, 0.3) is 0 Å². The van der Waals surface area contributed by atoms with Crippen molar-refractivity contribution in [2.45, 2.75) is 0 Å². The Morgan fingerprint density at radius 1 is 2.00 bits per heavy atom. The molecule has 1 N–H and O–H groups in total. The fraction of sp³-hybridized carbons (Fsp3) is 0.500. The zero-order valence-corrected chi connectivity index (χ0v) is 4.14. The van der Waals surface area contributed by atoms with Gasteiger partial charge in [0.15, 0.2) is 5.64 Å². The van der Waals surface area contributed by atoms with Gasteiger partial charge < -0.3 is 4.74 Å². The van der Waals surface area contributed by atoms with Crippen molar-refractivity contribution in [3.63, 3.8) is 0 Å². The van der Waals surface area contributed by atoms with Gasteiger partial charge in [-0.05, 0) is 9.24 Å². The summed E-state index contributed by atoms with van der Waals surface area (Å²) in [7, 11) is 3.55. The van der Waals surface area contributed by atoms with Crippen molar-refractivity contribution in [2.75, 3.05) is 7.11 Å². The zero-order chi connectivity index (χ0) is 4.28. The summed E-state index contributed by atoms with van der Waals surface area (Å²) in [5.74, 6) is 0. The SMILES string of the molecule is COC(=N)P. The molecule has 0 aliphatic heterocycles.